The molecule has 220 valence electrons. The van der Waals surface area contributed by atoms with Gasteiger partial charge in [0.25, 0.3) is 0 Å². The summed E-state index contributed by atoms with van der Waals surface area (Å²) in [4.78, 5) is 27.2. The van der Waals surface area contributed by atoms with Crippen LogP contribution in [0.2, 0.25) is 0 Å². The Morgan fingerprint density at radius 3 is 1.76 bits per heavy atom. The number of nitrogens with one attached hydrogen (secondary N) is 1. The summed E-state index contributed by atoms with van der Waals surface area (Å²) in [6.45, 7) is 2.28. The fourth-order valence-electron chi connectivity index (χ4n) is 4.58. The maximum absolute atomic E-state index is 12.7. The van der Waals surface area contributed by atoms with Crippen LogP contribution in [-0.2, 0) is 33.7 Å². The molecule has 0 aromatic heterocycles. The van der Waals surface area contributed by atoms with Crippen LogP contribution in [0.4, 0.5) is 4.79 Å². The maximum Gasteiger partial charge on any atom is 0.407 e. The van der Waals surface area contributed by atoms with Gasteiger partial charge >= 0.3 is 12.1 Å². The summed E-state index contributed by atoms with van der Waals surface area (Å²) in [6.07, 6.45) is 3.18. The average molecular weight is 563 g/mol. The Morgan fingerprint density at radius 1 is 0.732 bits per heavy atom. The molecule has 0 heterocycles. The SMILES string of the molecule is COC(=O)C[C@@H](CN(CCCc1ccc(OC)cc1)CCCc1ccc(OC)cc1)NC(=O)OCc1ccccc1. The van der Waals surface area contributed by atoms with Crippen LogP contribution in [0.5, 0.6) is 11.5 Å². The van der Waals surface area contributed by atoms with Crippen LogP contribution in [0.15, 0.2) is 78.9 Å². The summed E-state index contributed by atoms with van der Waals surface area (Å²) in [6, 6.07) is 25.2. The Kier molecular flexibility index (Phi) is 13.5. The monoisotopic (exact) mass is 562 g/mol. The minimum atomic E-state index is -0.556. The standard InChI is InChI=1S/C33H42N2O6/c1-38-30-17-13-26(14-18-30)11-7-21-35(22-8-12-27-15-19-31(39-2)20-16-27)24-29(23-32(36)40-3)34-33(37)41-25-28-9-5-4-6-10-28/h4-6,9-10,13-20,29H,7-8,11-12,21-25H2,1-3H3,(H,34,37)/t29-/m0/s1. The van der Waals surface area contributed by atoms with Crippen molar-refractivity contribution in [1.29, 1.82) is 0 Å². The van der Waals surface area contributed by atoms with Gasteiger partial charge in [-0.2, -0.15) is 0 Å². The van der Waals surface area contributed by atoms with Gasteiger partial charge in [0, 0.05) is 6.54 Å². The van der Waals surface area contributed by atoms with Gasteiger partial charge in [0.2, 0.25) is 0 Å². The highest BCUT2D eigenvalue weighted by molar-refractivity contribution is 5.72. The van der Waals surface area contributed by atoms with E-state index in [-0.39, 0.29) is 19.0 Å². The van der Waals surface area contributed by atoms with E-state index in [2.05, 4.69) is 34.5 Å². The van der Waals surface area contributed by atoms with Crippen LogP contribution in [0.1, 0.15) is 36.0 Å². The first-order chi connectivity index (χ1) is 20.0. The van der Waals surface area contributed by atoms with Crippen LogP contribution in [0.3, 0.4) is 0 Å². The van der Waals surface area contributed by atoms with Crippen LogP contribution >= 0.6 is 0 Å². The van der Waals surface area contributed by atoms with Crippen molar-refractivity contribution in [3.63, 3.8) is 0 Å². The summed E-state index contributed by atoms with van der Waals surface area (Å²) >= 11 is 0. The van der Waals surface area contributed by atoms with Crippen LogP contribution in [0.25, 0.3) is 0 Å². The molecule has 41 heavy (non-hydrogen) atoms. The molecule has 1 atom stereocenters. The molecule has 3 aromatic rings. The van der Waals surface area contributed by atoms with Gasteiger partial charge in [0.05, 0.1) is 33.8 Å². The molecule has 0 saturated carbocycles. The van der Waals surface area contributed by atoms with Crippen molar-refractivity contribution in [3.05, 3.63) is 95.6 Å². The Bertz CT molecular complexity index is 1120. The number of methoxy groups -OCH3 is 3. The van der Waals surface area contributed by atoms with E-state index in [1.54, 1.807) is 14.2 Å². The number of nitrogens with zero attached hydrogens (tertiary/aromatic N) is 1. The van der Waals surface area contributed by atoms with Crippen LogP contribution in [-0.4, -0.2) is 64.0 Å². The Morgan fingerprint density at radius 2 is 1.27 bits per heavy atom. The van der Waals surface area contributed by atoms with E-state index in [4.69, 9.17) is 18.9 Å². The van der Waals surface area contributed by atoms with Crippen LogP contribution in [0, 0.1) is 0 Å². The third-order valence-electron chi connectivity index (χ3n) is 6.85. The maximum atomic E-state index is 12.7. The van der Waals surface area contributed by atoms with E-state index in [9.17, 15) is 9.59 Å². The van der Waals surface area contributed by atoms with Crippen molar-refractivity contribution in [3.8, 4) is 11.5 Å². The van der Waals surface area contributed by atoms with Crippen molar-refractivity contribution in [2.75, 3.05) is 41.0 Å². The highest BCUT2D eigenvalue weighted by Crippen LogP contribution is 2.15. The fourth-order valence-corrected chi connectivity index (χ4v) is 4.58. The average Bonchev–Trinajstić information content (AvgIpc) is 3.01. The van der Waals surface area contributed by atoms with Gasteiger partial charge in [0.1, 0.15) is 18.1 Å². The number of amides is 1. The first-order valence-corrected chi connectivity index (χ1v) is 14.0. The lowest BCUT2D eigenvalue weighted by atomic mass is 10.1. The molecule has 3 aromatic carbocycles. The van der Waals surface area contributed by atoms with Crippen molar-refractivity contribution < 1.29 is 28.5 Å². The number of esters is 1. The summed E-state index contributed by atoms with van der Waals surface area (Å²) in [7, 11) is 4.68. The van der Waals surface area contributed by atoms with Crippen molar-refractivity contribution in [1.82, 2.24) is 10.2 Å². The molecule has 8 heteroatoms. The topological polar surface area (TPSA) is 86.3 Å². The Balaban J connectivity index is 1.61. The highest BCUT2D eigenvalue weighted by atomic mass is 16.5. The molecule has 0 aliphatic carbocycles. The third-order valence-corrected chi connectivity index (χ3v) is 6.85. The zero-order chi connectivity index (χ0) is 29.3. The number of ether oxygens (including phenoxy) is 4. The number of hydrogen-bond donors (Lipinski definition) is 1. The predicted octanol–water partition coefficient (Wildman–Crippen LogP) is 5.43. The molecule has 0 unspecified atom stereocenters. The molecule has 1 amide bonds. The molecule has 1 N–H and O–H groups in total. The number of aryl methyl sites for hydroxylation is 2. The lowest BCUT2D eigenvalue weighted by Gasteiger charge is -2.28. The Labute approximate surface area is 243 Å². The molecule has 0 bridgehead atoms. The number of benzene rings is 3. The summed E-state index contributed by atoms with van der Waals surface area (Å²) in [5, 5.41) is 2.89. The molecule has 0 saturated heterocycles. The van der Waals surface area contributed by atoms with Gasteiger partial charge in [0.15, 0.2) is 0 Å². The zero-order valence-electron chi connectivity index (χ0n) is 24.3. The second kappa shape index (κ2) is 17.6. The van der Waals surface area contributed by atoms with E-state index >= 15 is 0 Å². The molecule has 0 radical (unpaired) electrons. The third kappa shape index (κ3) is 11.9. The lowest BCUT2D eigenvalue weighted by Crippen LogP contribution is -2.46. The fraction of sp³-hybridized carbons (Fsp3) is 0.394. The molecule has 0 aliphatic heterocycles. The number of carbonyl (C=O) groups excluding carboxylic acids is 2. The molecular formula is C33H42N2O6. The lowest BCUT2D eigenvalue weighted by molar-refractivity contribution is -0.141. The van der Waals surface area contributed by atoms with Crippen molar-refractivity contribution in [2.24, 2.45) is 0 Å². The van der Waals surface area contributed by atoms with Crippen molar-refractivity contribution >= 4 is 12.1 Å². The predicted molar refractivity (Wildman–Crippen MR) is 159 cm³/mol. The van der Waals surface area contributed by atoms with Gasteiger partial charge < -0.3 is 29.2 Å². The Hall–Kier alpha value is -4.04. The molecule has 8 nitrogen and oxygen atoms in total. The minimum absolute atomic E-state index is 0.0599. The number of carbonyl (C=O) groups is 2. The normalized spacial score (nSPS) is 11.5. The summed E-state index contributed by atoms with van der Waals surface area (Å²) < 4.78 is 20.9. The van der Waals surface area contributed by atoms with E-state index in [0.29, 0.717) is 6.54 Å². The molecular weight excluding hydrogens is 520 g/mol. The van der Waals surface area contributed by atoms with Gasteiger partial charge in [-0.15, -0.1) is 0 Å². The van der Waals surface area contributed by atoms with Crippen molar-refractivity contribution in [2.45, 2.75) is 44.8 Å². The molecule has 0 aliphatic rings. The minimum Gasteiger partial charge on any atom is -0.497 e. The molecule has 0 fully saturated rings. The number of alkyl carbamates (subject to hydrolysis) is 1. The van der Waals surface area contributed by atoms with Gasteiger partial charge in [-0.1, -0.05) is 54.6 Å². The van der Waals surface area contributed by atoms with Gasteiger partial charge in [-0.05, 0) is 79.7 Å². The van der Waals surface area contributed by atoms with E-state index < -0.39 is 12.1 Å². The largest absolute Gasteiger partial charge is 0.497 e. The summed E-state index contributed by atoms with van der Waals surface area (Å²) in [5.41, 5.74) is 3.36. The first-order valence-electron chi connectivity index (χ1n) is 14.0. The van der Waals surface area contributed by atoms with E-state index in [0.717, 1.165) is 55.8 Å². The van der Waals surface area contributed by atoms with E-state index in [1.807, 2.05) is 54.6 Å². The van der Waals surface area contributed by atoms with Crippen LogP contribution < -0.4 is 14.8 Å². The van der Waals surface area contributed by atoms with Gasteiger partial charge in [-0.3, -0.25) is 4.79 Å². The smallest absolute Gasteiger partial charge is 0.407 e. The second-order valence-electron chi connectivity index (χ2n) is 9.89. The van der Waals surface area contributed by atoms with Gasteiger partial charge in [-0.25, -0.2) is 4.79 Å². The molecule has 0 spiro atoms. The second-order valence-corrected chi connectivity index (χ2v) is 9.89. The van der Waals surface area contributed by atoms with E-state index in [1.165, 1.54) is 18.2 Å². The summed E-state index contributed by atoms with van der Waals surface area (Å²) in [5.74, 6) is 1.30. The quantitative estimate of drug-likeness (QED) is 0.220. The highest BCUT2D eigenvalue weighted by Gasteiger charge is 2.21. The zero-order valence-corrected chi connectivity index (χ0v) is 24.3. The number of rotatable bonds is 17. The first kappa shape index (κ1) is 31.5. The molecule has 3 rings (SSSR count). The number of hydrogen-bond acceptors (Lipinski definition) is 7.